The van der Waals surface area contributed by atoms with Crippen molar-refractivity contribution in [2.45, 2.75) is 26.9 Å². The van der Waals surface area contributed by atoms with Gasteiger partial charge in [-0.3, -0.25) is 0 Å². The third kappa shape index (κ3) is 3.77. The van der Waals surface area contributed by atoms with E-state index in [9.17, 15) is 13.2 Å². The van der Waals surface area contributed by atoms with Gasteiger partial charge < -0.3 is 0 Å². The summed E-state index contributed by atoms with van der Waals surface area (Å²) in [4.78, 5) is 0. The number of allylic oxidation sites excluding steroid dienone is 4. The van der Waals surface area contributed by atoms with Crippen LogP contribution in [0.15, 0.2) is 42.0 Å². The fourth-order valence-electron chi connectivity index (χ4n) is 1.45. The van der Waals surface area contributed by atoms with E-state index < -0.39 is 11.7 Å². The minimum Gasteiger partial charge on any atom is -0.166 e. The van der Waals surface area contributed by atoms with Crippen LogP contribution in [-0.4, -0.2) is 0 Å². The molecule has 0 spiro atoms. The van der Waals surface area contributed by atoms with Crippen molar-refractivity contribution in [3.8, 4) is 0 Å². The maximum Gasteiger partial charge on any atom is 0.416 e. The van der Waals surface area contributed by atoms with Gasteiger partial charge in [-0.2, -0.15) is 13.2 Å². The summed E-state index contributed by atoms with van der Waals surface area (Å²) in [6.45, 7) is 5.62. The molecule has 1 rings (SSSR count). The summed E-state index contributed by atoms with van der Waals surface area (Å²) < 4.78 is 37.6. The quantitative estimate of drug-likeness (QED) is 0.633. The van der Waals surface area contributed by atoms with Gasteiger partial charge in [0.2, 0.25) is 0 Å². The van der Waals surface area contributed by atoms with Crippen LogP contribution in [0.4, 0.5) is 13.2 Å². The number of halogens is 3. The second kappa shape index (κ2) is 5.21. The molecule has 0 unspecified atom stereocenters. The van der Waals surface area contributed by atoms with Crippen LogP contribution in [0.2, 0.25) is 0 Å². The van der Waals surface area contributed by atoms with Crippen LogP contribution in [0.25, 0.3) is 5.57 Å². The lowest BCUT2D eigenvalue weighted by Gasteiger charge is -2.09. The summed E-state index contributed by atoms with van der Waals surface area (Å²) in [5, 5.41) is 0. The molecule has 0 saturated heterocycles. The highest BCUT2D eigenvalue weighted by atomic mass is 19.4. The largest absolute Gasteiger partial charge is 0.416 e. The zero-order valence-corrected chi connectivity index (χ0v) is 10.1. The number of hydrogen-bond acceptors (Lipinski definition) is 0. The van der Waals surface area contributed by atoms with Gasteiger partial charge in [0.1, 0.15) is 0 Å². The van der Waals surface area contributed by atoms with E-state index in [1.165, 1.54) is 12.1 Å². The molecule has 0 bridgehead atoms. The number of benzene rings is 1. The summed E-state index contributed by atoms with van der Waals surface area (Å²) in [5.74, 6) is 0. The van der Waals surface area contributed by atoms with Crippen LogP contribution in [0.1, 0.15) is 31.9 Å². The van der Waals surface area contributed by atoms with Gasteiger partial charge in [-0.25, -0.2) is 0 Å². The van der Waals surface area contributed by atoms with Gasteiger partial charge in [-0.05, 0) is 44.0 Å². The second-order valence-corrected chi connectivity index (χ2v) is 3.94. The number of alkyl halides is 3. The molecule has 0 nitrogen and oxygen atoms in total. The van der Waals surface area contributed by atoms with Crippen molar-refractivity contribution in [2.24, 2.45) is 0 Å². The van der Waals surface area contributed by atoms with E-state index in [0.29, 0.717) is 5.56 Å². The molecule has 3 heteroatoms. The Hall–Kier alpha value is -1.51. The molecule has 0 radical (unpaired) electrons. The monoisotopic (exact) mass is 240 g/mol. The molecule has 0 N–H and O–H groups in total. The van der Waals surface area contributed by atoms with Gasteiger partial charge in [0.15, 0.2) is 0 Å². The Morgan fingerprint density at radius 3 is 2.35 bits per heavy atom. The highest BCUT2D eigenvalue weighted by Gasteiger charge is 2.30. The fraction of sp³-hybridized carbons (Fsp3) is 0.286. The molecule has 17 heavy (non-hydrogen) atoms. The fourth-order valence-corrected chi connectivity index (χ4v) is 1.45. The highest BCUT2D eigenvalue weighted by Crippen LogP contribution is 2.31. The van der Waals surface area contributed by atoms with Crippen molar-refractivity contribution in [3.63, 3.8) is 0 Å². The Kier molecular flexibility index (Phi) is 4.16. The average Bonchev–Trinajstić information content (AvgIpc) is 2.28. The molecule has 0 aromatic heterocycles. The lowest BCUT2D eigenvalue weighted by Crippen LogP contribution is -2.04. The van der Waals surface area contributed by atoms with Gasteiger partial charge in [-0.15, -0.1) is 0 Å². The van der Waals surface area contributed by atoms with Crippen molar-refractivity contribution < 1.29 is 13.2 Å². The van der Waals surface area contributed by atoms with Crippen molar-refractivity contribution in [3.05, 3.63) is 53.1 Å². The second-order valence-electron chi connectivity index (χ2n) is 3.94. The summed E-state index contributed by atoms with van der Waals surface area (Å²) in [6, 6.07) is 5.37. The van der Waals surface area contributed by atoms with Crippen molar-refractivity contribution in [1.82, 2.24) is 0 Å². The Labute approximate surface area is 99.5 Å². The van der Waals surface area contributed by atoms with Gasteiger partial charge in [0, 0.05) is 0 Å². The van der Waals surface area contributed by atoms with Crippen LogP contribution in [-0.2, 0) is 6.18 Å². The average molecular weight is 240 g/mol. The predicted molar refractivity (Wildman–Crippen MR) is 64.5 cm³/mol. The third-order valence-corrected chi connectivity index (χ3v) is 2.54. The summed E-state index contributed by atoms with van der Waals surface area (Å²) in [5.41, 5.74) is 1.84. The van der Waals surface area contributed by atoms with E-state index in [2.05, 4.69) is 0 Å². The van der Waals surface area contributed by atoms with Crippen molar-refractivity contribution in [1.29, 1.82) is 0 Å². The van der Waals surface area contributed by atoms with E-state index in [4.69, 9.17) is 0 Å². The summed E-state index contributed by atoms with van der Waals surface area (Å²) >= 11 is 0. The maximum atomic E-state index is 12.5. The van der Waals surface area contributed by atoms with Crippen LogP contribution in [0.5, 0.6) is 0 Å². The van der Waals surface area contributed by atoms with Gasteiger partial charge in [0.05, 0.1) is 5.56 Å². The van der Waals surface area contributed by atoms with E-state index in [-0.39, 0.29) is 0 Å². The van der Waals surface area contributed by atoms with Gasteiger partial charge in [-0.1, -0.05) is 29.9 Å². The maximum absolute atomic E-state index is 12.5. The van der Waals surface area contributed by atoms with Gasteiger partial charge >= 0.3 is 6.18 Å². The molecule has 0 fully saturated rings. The predicted octanol–water partition coefficient (Wildman–Crippen LogP) is 5.07. The van der Waals surface area contributed by atoms with Crippen LogP contribution in [0, 0.1) is 0 Å². The molecule has 0 aliphatic heterocycles. The van der Waals surface area contributed by atoms with Crippen LogP contribution < -0.4 is 0 Å². The Morgan fingerprint density at radius 2 is 1.82 bits per heavy atom. The first-order chi connectivity index (χ1) is 7.84. The summed E-state index contributed by atoms with van der Waals surface area (Å²) in [7, 11) is 0. The first kappa shape index (κ1) is 13.6. The number of rotatable bonds is 2. The van der Waals surface area contributed by atoms with Crippen LogP contribution in [0.3, 0.4) is 0 Å². The normalized spacial score (nSPS) is 14.0. The molecule has 92 valence electrons. The Balaban J connectivity index is 3.13. The topological polar surface area (TPSA) is 0 Å². The lowest BCUT2D eigenvalue weighted by molar-refractivity contribution is -0.137. The summed E-state index contributed by atoms with van der Waals surface area (Å²) in [6.07, 6.45) is -0.501. The lowest BCUT2D eigenvalue weighted by atomic mass is 10.0. The zero-order valence-electron chi connectivity index (χ0n) is 10.1. The van der Waals surface area contributed by atoms with Crippen LogP contribution >= 0.6 is 0 Å². The molecule has 1 aromatic carbocycles. The molecule has 0 aliphatic rings. The molecule has 1 aromatic rings. The zero-order chi connectivity index (χ0) is 13.1. The van der Waals surface area contributed by atoms with Crippen molar-refractivity contribution in [2.75, 3.05) is 0 Å². The first-order valence-corrected chi connectivity index (χ1v) is 5.33. The first-order valence-electron chi connectivity index (χ1n) is 5.33. The molecule has 0 amide bonds. The molecule has 0 atom stereocenters. The molecular weight excluding hydrogens is 225 g/mol. The SMILES string of the molecule is C/C=C(C)\C=C(/C)c1cccc(C(F)(F)F)c1. The molecular formula is C14H15F3. The smallest absolute Gasteiger partial charge is 0.166 e. The third-order valence-electron chi connectivity index (χ3n) is 2.54. The number of hydrogen-bond donors (Lipinski definition) is 0. The molecule has 0 saturated carbocycles. The van der Waals surface area contributed by atoms with E-state index in [0.717, 1.165) is 17.2 Å². The molecule has 0 heterocycles. The van der Waals surface area contributed by atoms with Gasteiger partial charge in [0.25, 0.3) is 0 Å². The highest BCUT2D eigenvalue weighted by molar-refractivity contribution is 5.66. The Bertz CT molecular complexity index is 451. The van der Waals surface area contributed by atoms with Crippen molar-refractivity contribution >= 4 is 5.57 Å². The minimum atomic E-state index is -4.29. The standard InChI is InChI=1S/C14H15F3/c1-4-10(2)8-11(3)12-6-5-7-13(9-12)14(15,16)17/h4-9H,1-3H3/b10-4-,11-8+. The Morgan fingerprint density at radius 1 is 1.18 bits per heavy atom. The van der Waals surface area contributed by atoms with E-state index >= 15 is 0 Å². The molecule has 0 aliphatic carbocycles. The van der Waals surface area contributed by atoms with E-state index in [1.54, 1.807) is 6.07 Å². The van der Waals surface area contributed by atoms with E-state index in [1.807, 2.05) is 32.9 Å². The minimum absolute atomic E-state index is 0.598.